The van der Waals surface area contributed by atoms with Crippen molar-refractivity contribution < 1.29 is 19.8 Å². The summed E-state index contributed by atoms with van der Waals surface area (Å²) >= 11 is 0.812. The van der Waals surface area contributed by atoms with Gasteiger partial charge in [-0.3, -0.25) is 0 Å². The Labute approximate surface area is 93.7 Å². The van der Waals surface area contributed by atoms with E-state index in [4.69, 9.17) is 0 Å². The molecule has 0 aromatic rings. The van der Waals surface area contributed by atoms with Gasteiger partial charge in [0.25, 0.3) is 0 Å². The monoisotopic (exact) mass is 363 g/mol. The van der Waals surface area contributed by atoms with E-state index in [9.17, 15) is 9.81 Å². The number of hydrogen-bond donors (Lipinski definition) is 0. The van der Waals surface area contributed by atoms with E-state index in [-0.39, 0.29) is 0 Å². The Bertz CT molecular complexity index is 302. The molecule has 0 radical (unpaired) electrons. The van der Waals surface area contributed by atoms with Crippen molar-refractivity contribution >= 4 is 0 Å². The van der Waals surface area contributed by atoms with Crippen LogP contribution in [0.5, 0.6) is 0 Å². The van der Waals surface area contributed by atoms with Crippen molar-refractivity contribution in [1.29, 1.82) is 0 Å². The quantitative estimate of drug-likeness (QED) is 0.706. The number of nitrogens with zero attached hydrogens (tertiary/aromatic N) is 2. The fourth-order valence-electron chi connectivity index (χ4n) is 1.51. The molecule has 0 atom stereocenters. The molecule has 0 saturated carbocycles. The Morgan fingerprint density at radius 1 is 1.50 bits per heavy atom. The van der Waals surface area contributed by atoms with Crippen LogP contribution in [0, 0.1) is 9.81 Å². The van der Waals surface area contributed by atoms with Gasteiger partial charge in [0.1, 0.15) is 0 Å². The SMILES string of the molecule is CCC1=C(C[C]([W])(N=O)N=O)CC=C1. The van der Waals surface area contributed by atoms with Crippen LogP contribution in [0.2, 0.25) is 0 Å². The third-order valence-corrected chi connectivity index (χ3v) is 3.30. The first-order chi connectivity index (χ1) is 6.65. The summed E-state index contributed by atoms with van der Waals surface area (Å²) in [6.07, 6.45) is 6.21. The summed E-state index contributed by atoms with van der Waals surface area (Å²) in [5, 5.41) is 5.63. The standard InChI is InChI=1S/C9H11N2O2.W/c1-2-7-4-3-5-8(7)6-9(10-12)11-13;/h3-4H,2,5-6H2,1H3;. The average molecular weight is 363 g/mol. The minimum absolute atomic E-state index is 0.380. The molecule has 1 aliphatic carbocycles. The molecule has 0 aromatic carbocycles. The number of nitroso groups, excluding NO2 is 2. The van der Waals surface area contributed by atoms with Crippen LogP contribution in [-0.4, -0.2) is 4.05 Å². The summed E-state index contributed by atoms with van der Waals surface area (Å²) in [5.41, 5.74) is 2.34. The van der Waals surface area contributed by atoms with Gasteiger partial charge in [-0.25, -0.2) is 0 Å². The maximum absolute atomic E-state index is 10.5. The van der Waals surface area contributed by atoms with Crippen molar-refractivity contribution in [3.8, 4) is 0 Å². The van der Waals surface area contributed by atoms with E-state index in [0.717, 1.165) is 38.2 Å². The van der Waals surface area contributed by atoms with Gasteiger partial charge in [0.15, 0.2) is 0 Å². The molecular weight excluding hydrogens is 352 g/mol. The fourth-order valence-corrected chi connectivity index (χ4v) is 2.13. The molecule has 0 amide bonds. The van der Waals surface area contributed by atoms with E-state index in [1.807, 2.05) is 12.2 Å². The van der Waals surface area contributed by atoms with Gasteiger partial charge in [-0.1, -0.05) is 0 Å². The molecule has 0 spiro atoms. The summed E-state index contributed by atoms with van der Waals surface area (Å²) < 4.78 is -1.25. The van der Waals surface area contributed by atoms with Gasteiger partial charge >= 0.3 is 93.5 Å². The molecule has 1 aliphatic rings. The molecule has 0 fully saturated rings. The maximum atomic E-state index is 10.5. The summed E-state index contributed by atoms with van der Waals surface area (Å²) in [7, 11) is 0. The van der Waals surface area contributed by atoms with Crippen molar-refractivity contribution in [2.75, 3.05) is 0 Å². The molecule has 14 heavy (non-hydrogen) atoms. The first kappa shape index (κ1) is 11.4. The molecule has 0 aromatic heterocycles. The Balaban J connectivity index is 2.78. The zero-order valence-electron chi connectivity index (χ0n) is 7.90. The molecule has 0 bridgehead atoms. The predicted octanol–water partition coefficient (Wildman–Crippen LogP) is 2.78. The number of allylic oxidation sites excluding steroid dienone is 3. The summed E-state index contributed by atoms with van der Waals surface area (Å²) in [6, 6.07) is 0. The third-order valence-electron chi connectivity index (χ3n) is 2.25. The first-order valence-corrected chi connectivity index (χ1v) is 5.88. The molecular formula is C9H11N2O2W. The van der Waals surface area contributed by atoms with Crippen LogP contribution in [0.1, 0.15) is 26.2 Å². The fraction of sp³-hybridized carbons (Fsp3) is 0.556. The van der Waals surface area contributed by atoms with E-state index < -0.39 is 4.05 Å². The minimum atomic E-state index is -1.25. The zero-order valence-corrected chi connectivity index (χ0v) is 10.8. The van der Waals surface area contributed by atoms with Crippen molar-refractivity contribution in [3.05, 3.63) is 33.1 Å². The second-order valence-electron chi connectivity index (χ2n) is 3.19. The second kappa shape index (κ2) is 4.74. The van der Waals surface area contributed by atoms with E-state index >= 15 is 0 Å². The van der Waals surface area contributed by atoms with Gasteiger partial charge in [-0.15, -0.1) is 0 Å². The molecule has 0 unspecified atom stereocenters. The van der Waals surface area contributed by atoms with Gasteiger partial charge in [0, 0.05) is 0 Å². The summed E-state index contributed by atoms with van der Waals surface area (Å²) in [4.78, 5) is 20.9. The molecule has 4 nitrogen and oxygen atoms in total. The molecule has 5 heteroatoms. The van der Waals surface area contributed by atoms with Crippen LogP contribution < -0.4 is 0 Å². The number of hydrogen-bond acceptors (Lipinski definition) is 4. The van der Waals surface area contributed by atoms with E-state index in [1.165, 1.54) is 5.57 Å². The van der Waals surface area contributed by atoms with E-state index in [0.29, 0.717) is 6.42 Å². The molecule has 0 N–H and O–H groups in total. The normalized spacial score (nSPS) is 16.1. The van der Waals surface area contributed by atoms with Crippen LogP contribution in [-0.2, 0) is 19.8 Å². The predicted molar refractivity (Wildman–Crippen MR) is 50.0 cm³/mol. The molecule has 0 heterocycles. The van der Waals surface area contributed by atoms with Gasteiger partial charge in [0.2, 0.25) is 0 Å². The van der Waals surface area contributed by atoms with Crippen molar-refractivity contribution in [1.82, 2.24) is 0 Å². The summed E-state index contributed by atoms with van der Waals surface area (Å²) in [5.74, 6) is 0. The van der Waals surface area contributed by atoms with Crippen LogP contribution >= 0.6 is 0 Å². The van der Waals surface area contributed by atoms with Crippen LogP contribution in [0.4, 0.5) is 0 Å². The van der Waals surface area contributed by atoms with Crippen LogP contribution in [0.15, 0.2) is 33.7 Å². The number of rotatable bonds is 5. The average Bonchev–Trinajstić information content (AvgIpc) is 2.65. The summed E-state index contributed by atoms with van der Waals surface area (Å²) in [6.45, 7) is 2.05. The van der Waals surface area contributed by atoms with Gasteiger partial charge in [-0.05, 0) is 0 Å². The zero-order chi connectivity index (χ0) is 10.6. The van der Waals surface area contributed by atoms with Crippen molar-refractivity contribution in [3.63, 3.8) is 0 Å². The van der Waals surface area contributed by atoms with Crippen LogP contribution in [0.3, 0.4) is 0 Å². The van der Waals surface area contributed by atoms with E-state index in [2.05, 4.69) is 17.3 Å². The van der Waals surface area contributed by atoms with E-state index in [1.54, 1.807) is 0 Å². The van der Waals surface area contributed by atoms with Crippen molar-refractivity contribution in [2.24, 2.45) is 10.4 Å². The Morgan fingerprint density at radius 2 is 2.14 bits per heavy atom. The molecule has 0 saturated heterocycles. The third kappa shape index (κ3) is 2.44. The Hall–Kier alpha value is -0.632. The molecule has 1 rings (SSSR count). The van der Waals surface area contributed by atoms with Gasteiger partial charge in [-0.2, -0.15) is 0 Å². The molecule has 75 valence electrons. The Morgan fingerprint density at radius 3 is 2.64 bits per heavy atom. The van der Waals surface area contributed by atoms with Gasteiger partial charge in [0.05, 0.1) is 0 Å². The first-order valence-electron chi connectivity index (χ1n) is 4.42. The van der Waals surface area contributed by atoms with Crippen molar-refractivity contribution in [2.45, 2.75) is 30.2 Å². The topological polar surface area (TPSA) is 58.9 Å². The van der Waals surface area contributed by atoms with Gasteiger partial charge < -0.3 is 0 Å². The molecule has 0 aliphatic heterocycles. The van der Waals surface area contributed by atoms with Crippen LogP contribution in [0.25, 0.3) is 0 Å². The Kier molecular flexibility index (Phi) is 3.87. The second-order valence-corrected chi connectivity index (χ2v) is 5.54.